The first-order valence-electron chi connectivity index (χ1n) is 11.4. The number of anilines is 1. The van der Waals surface area contributed by atoms with Crippen molar-refractivity contribution >= 4 is 22.5 Å². The van der Waals surface area contributed by atoms with Crippen molar-refractivity contribution in [2.24, 2.45) is 0 Å². The second-order valence-electron chi connectivity index (χ2n) is 9.17. The van der Waals surface area contributed by atoms with Crippen LogP contribution in [0.25, 0.3) is 10.9 Å². The normalized spacial score (nSPS) is 21.4. The molecule has 4 nitrogen and oxygen atoms in total. The van der Waals surface area contributed by atoms with Gasteiger partial charge in [-0.05, 0) is 54.7 Å². The molecule has 6 rings (SSSR count). The largest absolute Gasteiger partial charge is 0.364 e. The number of aryl methyl sites for hydroxylation is 2. The quantitative estimate of drug-likeness (QED) is 0.472. The van der Waals surface area contributed by atoms with Crippen LogP contribution in [0.15, 0.2) is 72.8 Å². The van der Waals surface area contributed by atoms with E-state index in [0.29, 0.717) is 6.42 Å². The van der Waals surface area contributed by atoms with Crippen molar-refractivity contribution in [1.82, 2.24) is 9.88 Å². The molecule has 1 amide bonds. The fourth-order valence-electron chi connectivity index (χ4n) is 5.92. The molecule has 4 aromatic rings. The summed E-state index contributed by atoms with van der Waals surface area (Å²) in [5.74, 6) is 0.181. The summed E-state index contributed by atoms with van der Waals surface area (Å²) < 4.78 is 0. The number of amides is 1. The number of rotatable bonds is 3. The van der Waals surface area contributed by atoms with Gasteiger partial charge in [-0.2, -0.15) is 0 Å². The van der Waals surface area contributed by atoms with Crippen LogP contribution in [0.5, 0.6) is 0 Å². The molecular weight excluding hydrogens is 394 g/mol. The van der Waals surface area contributed by atoms with Crippen LogP contribution in [0, 0.1) is 13.8 Å². The molecule has 2 aliphatic rings. The summed E-state index contributed by atoms with van der Waals surface area (Å²) in [6.45, 7) is 5.03. The second-order valence-corrected chi connectivity index (χ2v) is 9.17. The smallest absolute Gasteiger partial charge is 0.228 e. The zero-order chi connectivity index (χ0) is 21.9. The monoisotopic (exact) mass is 421 g/mol. The Bertz CT molecular complexity index is 1350. The average molecular weight is 422 g/mol. The van der Waals surface area contributed by atoms with Gasteiger partial charge in [0.2, 0.25) is 5.91 Å². The van der Waals surface area contributed by atoms with Crippen LogP contribution in [0.4, 0.5) is 5.69 Å². The van der Waals surface area contributed by atoms with Crippen molar-refractivity contribution in [1.29, 1.82) is 0 Å². The van der Waals surface area contributed by atoms with E-state index in [1.54, 1.807) is 0 Å². The summed E-state index contributed by atoms with van der Waals surface area (Å²) in [7, 11) is 0. The molecule has 1 fully saturated rings. The van der Waals surface area contributed by atoms with Gasteiger partial charge in [0.15, 0.2) is 0 Å². The zero-order valence-electron chi connectivity index (χ0n) is 18.5. The third-order valence-electron chi connectivity index (χ3n) is 7.56. The Morgan fingerprint density at radius 3 is 2.59 bits per heavy atom. The summed E-state index contributed by atoms with van der Waals surface area (Å²) in [5, 5.41) is 4.98. The number of benzene rings is 3. The van der Waals surface area contributed by atoms with Crippen molar-refractivity contribution < 1.29 is 4.79 Å². The molecule has 4 heteroatoms. The number of nitrogens with zero attached hydrogens (tertiary/aromatic N) is 1. The Morgan fingerprint density at radius 2 is 1.75 bits per heavy atom. The number of hydrogen-bond donors (Lipinski definition) is 2. The average Bonchev–Trinajstić information content (AvgIpc) is 3.44. The van der Waals surface area contributed by atoms with E-state index in [9.17, 15) is 4.79 Å². The Kier molecular flexibility index (Phi) is 4.19. The summed E-state index contributed by atoms with van der Waals surface area (Å²) in [6.07, 6.45) is 1.24. The number of H-pyrrole nitrogens is 1. The van der Waals surface area contributed by atoms with Gasteiger partial charge in [-0.15, -0.1) is 0 Å². The predicted octanol–water partition coefficient (Wildman–Crippen LogP) is 5.30. The lowest BCUT2D eigenvalue weighted by molar-refractivity contribution is -0.131. The molecule has 3 aromatic carbocycles. The van der Waals surface area contributed by atoms with Crippen LogP contribution < -0.4 is 5.32 Å². The first-order valence-corrected chi connectivity index (χ1v) is 11.4. The van der Waals surface area contributed by atoms with E-state index in [-0.39, 0.29) is 17.5 Å². The highest BCUT2D eigenvalue weighted by molar-refractivity contribution is 5.87. The predicted molar refractivity (Wildman–Crippen MR) is 129 cm³/mol. The summed E-state index contributed by atoms with van der Waals surface area (Å²) >= 11 is 0. The van der Waals surface area contributed by atoms with Crippen LogP contribution in [-0.4, -0.2) is 28.5 Å². The van der Waals surface area contributed by atoms with Gasteiger partial charge in [0.05, 0.1) is 11.8 Å². The van der Waals surface area contributed by atoms with E-state index >= 15 is 0 Å². The van der Waals surface area contributed by atoms with E-state index in [1.807, 2.05) is 12.1 Å². The number of carbonyl (C=O) groups excluding carboxylic acids is 1. The SMILES string of the molecule is Cc1ccccc1CC(=O)N1CC[C@]2(c3[nH]c4ccccc4c3C)c3ccccc3N[C@H]12. The van der Waals surface area contributed by atoms with Crippen LogP contribution in [-0.2, 0) is 16.6 Å². The number of fused-ring (bicyclic) bond motifs is 4. The van der Waals surface area contributed by atoms with Crippen LogP contribution in [0.3, 0.4) is 0 Å². The highest BCUT2D eigenvalue weighted by atomic mass is 16.2. The zero-order valence-corrected chi connectivity index (χ0v) is 18.5. The highest BCUT2D eigenvalue weighted by Gasteiger charge is 2.57. The number of hydrogen-bond acceptors (Lipinski definition) is 2. The lowest BCUT2D eigenvalue weighted by Gasteiger charge is -2.33. The van der Waals surface area contributed by atoms with Gasteiger partial charge in [-0.1, -0.05) is 60.7 Å². The van der Waals surface area contributed by atoms with E-state index in [1.165, 1.54) is 27.8 Å². The molecule has 1 saturated heterocycles. The van der Waals surface area contributed by atoms with Gasteiger partial charge < -0.3 is 15.2 Å². The topological polar surface area (TPSA) is 48.1 Å². The summed E-state index contributed by atoms with van der Waals surface area (Å²) in [6, 6.07) is 25.2. The molecule has 32 heavy (non-hydrogen) atoms. The van der Waals surface area contributed by atoms with E-state index in [4.69, 9.17) is 0 Å². The number of aromatic amines is 1. The van der Waals surface area contributed by atoms with Gasteiger partial charge in [0, 0.05) is 28.8 Å². The van der Waals surface area contributed by atoms with E-state index in [0.717, 1.165) is 29.7 Å². The molecule has 0 aliphatic carbocycles. The van der Waals surface area contributed by atoms with Crippen LogP contribution in [0.1, 0.15) is 34.4 Å². The minimum absolute atomic E-state index is 0.0943. The third kappa shape index (κ3) is 2.59. The van der Waals surface area contributed by atoms with Crippen molar-refractivity contribution in [3.05, 3.63) is 101 Å². The number of aromatic nitrogens is 1. The molecular formula is C28H27N3O. The molecule has 160 valence electrons. The van der Waals surface area contributed by atoms with E-state index < -0.39 is 0 Å². The van der Waals surface area contributed by atoms with Crippen molar-refractivity contribution in [2.45, 2.75) is 38.3 Å². The molecule has 2 N–H and O–H groups in total. The molecule has 2 atom stereocenters. The first-order chi connectivity index (χ1) is 15.6. The maximum Gasteiger partial charge on any atom is 0.228 e. The van der Waals surface area contributed by atoms with Crippen LogP contribution >= 0.6 is 0 Å². The highest BCUT2D eigenvalue weighted by Crippen LogP contribution is 2.53. The second kappa shape index (κ2) is 6.99. The fourth-order valence-corrected chi connectivity index (χ4v) is 5.92. The minimum Gasteiger partial charge on any atom is -0.364 e. The summed E-state index contributed by atoms with van der Waals surface area (Å²) in [4.78, 5) is 19.4. The first kappa shape index (κ1) is 19.2. The Balaban J connectivity index is 1.46. The number of likely N-dealkylation sites (tertiary alicyclic amines) is 1. The molecule has 0 spiro atoms. The van der Waals surface area contributed by atoms with E-state index in [2.05, 4.69) is 89.7 Å². The number of nitrogens with one attached hydrogen (secondary N) is 2. The standard InChI is InChI=1S/C28H27N3O/c1-18-9-3-4-10-20(18)17-25(32)31-16-15-28(22-12-6-8-14-24(22)30-27(28)31)26-19(2)21-11-5-7-13-23(21)29-26/h3-14,27,29-30H,15-17H2,1-2H3/t27-,28-/m1/s1. The summed E-state index contributed by atoms with van der Waals surface area (Å²) in [5.41, 5.74) is 8.07. The Morgan fingerprint density at radius 1 is 1.00 bits per heavy atom. The maximum atomic E-state index is 13.6. The van der Waals surface area contributed by atoms with Crippen molar-refractivity contribution in [2.75, 3.05) is 11.9 Å². The lowest BCUT2D eigenvalue weighted by Crippen LogP contribution is -2.47. The lowest BCUT2D eigenvalue weighted by atomic mass is 9.75. The molecule has 0 radical (unpaired) electrons. The number of carbonyl (C=O) groups is 1. The third-order valence-corrected chi connectivity index (χ3v) is 7.56. The molecule has 0 bridgehead atoms. The number of para-hydroxylation sites is 2. The van der Waals surface area contributed by atoms with Gasteiger partial charge in [0.1, 0.15) is 6.17 Å². The van der Waals surface area contributed by atoms with Crippen molar-refractivity contribution in [3.8, 4) is 0 Å². The van der Waals surface area contributed by atoms with Gasteiger partial charge >= 0.3 is 0 Å². The van der Waals surface area contributed by atoms with Gasteiger partial charge in [-0.25, -0.2) is 0 Å². The Labute approximate surface area is 188 Å². The molecule has 0 unspecified atom stereocenters. The van der Waals surface area contributed by atoms with Gasteiger partial charge in [-0.3, -0.25) is 4.79 Å². The fraction of sp³-hybridized carbons (Fsp3) is 0.250. The molecule has 0 saturated carbocycles. The van der Waals surface area contributed by atoms with Gasteiger partial charge in [0.25, 0.3) is 0 Å². The van der Waals surface area contributed by atoms with Crippen LogP contribution in [0.2, 0.25) is 0 Å². The maximum absolute atomic E-state index is 13.6. The minimum atomic E-state index is -0.277. The molecule has 2 aliphatic heterocycles. The Hall–Kier alpha value is -3.53. The molecule has 1 aromatic heterocycles. The van der Waals surface area contributed by atoms with Crippen molar-refractivity contribution in [3.63, 3.8) is 0 Å². The molecule has 3 heterocycles.